The first-order chi connectivity index (χ1) is 9.22. The zero-order chi connectivity index (χ0) is 13.7. The van der Waals surface area contributed by atoms with E-state index in [-0.39, 0.29) is 0 Å². The van der Waals surface area contributed by atoms with Crippen molar-refractivity contribution in [3.8, 4) is 0 Å². The fraction of sp³-hybridized carbons (Fsp3) is 0.500. The van der Waals surface area contributed by atoms with Gasteiger partial charge in [-0.05, 0) is 20.8 Å². The quantitative estimate of drug-likeness (QED) is 0.819. The summed E-state index contributed by atoms with van der Waals surface area (Å²) in [7, 11) is 0. The lowest BCUT2D eigenvalue weighted by molar-refractivity contribution is 0.707. The van der Waals surface area contributed by atoms with Crippen molar-refractivity contribution < 1.29 is 0 Å². The molecule has 0 amide bonds. The third-order valence-electron chi connectivity index (χ3n) is 2.65. The van der Waals surface area contributed by atoms with Crippen LogP contribution in [0.25, 0.3) is 0 Å². The fourth-order valence-electron chi connectivity index (χ4n) is 1.75. The van der Waals surface area contributed by atoms with Gasteiger partial charge in [-0.1, -0.05) is 0 Å². The highest BCUT2D eigenvalue weighted by Crippen LogP contribution is 2.10. The lowest BCUT2D eigenvalue weighted by Gasteiger charge is -2.09. The zero-order valence-corrected chi connectivity index (χ0v) is 11.5. The molecule has 0 fully saturated rings. The highest BCUT2D eigenvalue weighted by Gasteiger charge is 2.05. The van der Waals surface area contributed by atoms with E-state index in [1.807, 2.05) is 24.5 Å². The second kappa shape index (κ2) is 6.12. The number of aromatic nitrogens is 5. The predicted molar refractivity (Wildman–Crippen MR) is 74.0 cm³/mol. The molecule has 2 N–H and O–H groups in total. The van der Waals surface area contributed by atoms with Gasteiger partial charge in [-0.15, -0.1) is 10.2 Å². The monoisotopic (exact) mass is 261 g/mol. The standard InChI is InChI=1S/C12H19N7/c1-4-13-12-16-9(3)6-10(17-12)14-7-11-18-15-8-19(11)5-2/h6,8H,4-5,7H2,1-3H3,(H2,13,14,16,17). The van der Waals surface area contributed by atoms with Crippen LogP contribution in [-0.2, 0) is 13.1 Å². The van der Waals surface area contributed by atoms with E-state index in [1.165, 1.54) is 0 Å². The highest BCUT2D eigenvalue weighted by atomic mass is 15.3. The van der Waals surface area contributed by atoms with E-state index in [0.717, 1.165) is 30.4 Å². The average Bonchev–Trinajstić information content (AvgIpc) is 2.83. The first-order valence-electron chi connectivity index (χ1n) is 6.43. The molecule has 2 aromatic rings. The molecule has 0 aromatic carbocycles. The number of rotatable bonds is 6. The molecule has 0 aliphatic heterocycles. The molecule has 0 radical (unpaired) electrons. The van der Waals surface area contributed by atoms with Gasteiger partial charge in [0.05, 0.1) is 6.54 Å². The van der Waals surface area contributed by atoms with Gasteiger partial charge in [0.25, 0.3) is 0 Å². The van der Waals surface area contributed by atoms with Crippen LogP contribution in [0.2, 0.25) is 0 Å². The van der Waals surface area contributed by atoms with E-state index in [4.69, 9.17) is 0 Å². The van der Waals surface area contributed by atoms with Crippen molar-refractivity contribution in [1.82, 2.24) is 24.7 Å². The smallest absolute Gasteiger partial charge is 0.224 e. The van der Waals surface area contributed by atoms with E-state index >= 15 is 0 Å². The molecule has 7 heteroatoms. The normalized spacial score (nSPS) is 10.5. The lowest BCUT2D eigenvalue weighted by atomic mass is 10.4. The van der Waals surface area contributed by atoms with Crippen molar-refractivity contribution >= 4 is 11.8 Å². The van der Waals surface area contributed by atoms with Gasteiger partial charge in [-0.2, -0.15) is 4.98 Å². The minimum atomic E-state index is 0.593. The molecule has 2 heterocycles. The molecule has 0 saturated carbocycles. The predicted octanol–water partition coefficient (Wildman–Crippen LogP) is 1.44. The van der Waals surface area contributed by atoms with E-state index in [1.54, 1.807) is 6.33 Å². The molecule has 0 bridgehead atoms. The molecule has 19 heavy (non-hydrogen) atoms. The number of nitrogens with one attached hydrogen (secondary N) is 2. The molecule has 0 atom stereocenters. The van der Waals surface area contributed by atoms with Crippen LogP contribution in [0.4, 0.5) is 11.8 Å². The summed E-state index contributed by atoms with van der Waals surface area (Å²) in [5.41, 5.74) is 0.922. The number of nitrogens with zero attached hydrogens (tertiary/aromatic N) is 5. The largest absolute Gasteiger partial charge is 0.363 e. The molecule has 0 spiro atoms. The van der Waals surface area contributed by atoms with Gasteiger partial charge in [0, 0.05) is 24.8 Å². The van der Waals surface area contributed by atoms with Crippen LogP contribution in [0.15, 0.2) is 12.4 Å². The second-order valence-corrected chi connectivity index (χ2v) is 4.14. The highest BCUT2D eigenvalue weighted by molar-refractivity contribution is 5.42. The molecule has 0 unspecified atom stereocenters. The summed E-state index contributed by atoms with van der Waals surface area (Å²) in [5, 5.41) is 14.3. The summed E-state index contributed by atoms with van der Waals surface area (Å²) in [4.78, 5) is 8.69. The van der Waals surface area contributed by atoms with Crippen molar-refractivity contribution in [3.05, 3.63) is 23.9 Å². The summed E-state index contributed by atoms with van der Waals surface area (Å²) in [6, 6.07) is 1.91. The van der Waals surface area contributed by atoms with Crippen molar-refractivity contribution in [1.29, 1.82) is 0 Å². The van der Waals surface area contributed by atoms with Crippen LogP contribution in [0.5, 0.6) is 0 Å². The van der Waals surface area contributed by atoms with Crippen LogP contribution in [-0.4, -0.2) is 31.3 Å². The number of anilines is 2. The minimum absolute atomic E-state index is 0.593. The van der Waals surface area contributed by atoms with Gasteiger partial charge in [0.1, 0.15) is 12.1 Å². The van der Waals surface area contributed by atoms with E-state index in [9.17, 15) is 0 Å². The zero-order valence-electron chi connectivity index (χ0n) is 11.5. The lowest BCUT2D eigenvalue weighted by Crippen LogP contribution is -2.10. The summed E-state index contributed by atoms with van der Waals surface area (Å²) < 4.78 is 1.99. The van der Waals surface area contributed by atoms with Crippen molar-refractivity contribution in [3.63, 3.8) is 0 Å². The summed E-state index contributed by atoms with van der Waals surface area (Å²) in [5.74, 6) is 2.32. The Morgan fingerprint density at radius 1 is 1.21 bits per heavy atom. The second-order valence-electron chi connectivity index (χ2n) is 4.14. The van der Waals surface area contributed by atoms with Gasteiger partial charge < -0.3 is 15.2 Å². The number of hydrogen-bond donors (Lipinski definition) is 2. The molecule has 2 rings (SSSR count). The maximum atomic E-state index is 4.39. The Labute approximate surface area is 112 Å². The van der Waals surface area contributed by atoms with Crippen LogP contribution < -0.4 is 10.6 Å². The van der Waals surface area contributed by atoms with Crippen molar-refractivity contribution in [2.24, 2.45) is 0 Å². The molecular weight excluding hydrogens is 242 g/mol. The van der Waals surface area contributed by atoms with Crippen LogP contribution in [0.3, 0.4) is 0 Å². The van der Waals surface area contributed by atoms with E-state index in [0.29, 0.717) is 12.5 Å². The molecule has 0 aliphatic rings. The maximum Gasteiger partial charge on any atom is 0.224 e. The Hall–Kier alpha value is -2.18. The molecular formula is C12H19N7. The SMILES string of the molecule is CCNc1nc(C)cc(NCc2nncn2CC)n1. The number of aryl methyl sites for hydroxylation is 2. The molecule has 7 nitrogen and oxygen atoms in total. The molecule has 102 valence electrons. The number of hydrogen-bond acceptors (Lipinski definition) is 6. The van der Waals surface area contributed by atoms with Crippen LogP contribution >= 0.6 is 0 Å². The fourth-order valence-corrected chi connectivity index (χ4v) is 1.75. The summed E-state index contributed by atoms with van der Waals surface area (Å²) in [6.07, 6.45) is 1.73. The maximum absolute atomic E-state index is 4.39. The topological polar surface area (TPSA) is 80.5 Å². The van der Waals surface area contributed by atoms with E-state index < -0.39 is 0 Å². The molecule has 0 aliphatic carbocycles. The van der Waals surface area contributed by atoms with Gasteiger partial charge in [0.2, 0.25) is 5.95 Å². The average molecular weight is 261 g/mol. The minimum Gasteiger partial charge on any atom is -0.363 e. The van der Waals surface area contributed by atoms with Crippen LogP contribution in [0.1, 0.15) is 25.4 Å². The van der Waals surface area contributed by atoms with E-state index in [2.05, 4.69) is 37.7 Å². The van der Waals surface area contributed by atoms with Crippen molar-refractivity contribution in [2.45, 2.75) is 33.9 Å². The molecule has 2 aromatic heterocycles. The molecule has 0 saturated heterocycles. The Kier molecular flexibility index (Phi) is 4.27. The third kappa shape index (κ3) is 3.40. The summed E-state index contributed by atoms with van der Waals surface area (Å²) in [6.45, 7) is 8.27. The first kappa shape index (κ1) is 13.3. The van der Waals surface area contributed by atoms with Gasteiger partial charge >= 0.3 is 0 Å². The van der Waals surface area contributed by atoms with Gasteiger partial charge in [0.15, 0.2) is 5.82 Å². The Bertz CT molecular complexity index is 535. The Balaban J connectivity index is 2.06. The van der Waals surface area contributed by atoms with Gasteiger partial charge in [-0.25, -0.2) is 4.98 Å². The van der Waals surface area contributed by atoms with Gasteiger partial charge in [-0.3, -0.25) is 0 Å². The third-order valence-corrected chi connectivity index (χ3v) is 2.65. The first-order valence-corrected chi connectivity index (χ1v) is 6.43. The summed E-state index contributed by atoms with van der Waals surface area (Å²) >= 11 is 0. The Morgan fingerprint density at radius 3 is 2.79 bits per heavy atom. The Morgan fingerprint density at radius 2 is 2.05 bits per heavy atom. The van der Waals surface area contributed by atoms with Crippen molar-refractivity contribution in [2.75, 3.05) is 17.2 Å². The van der Waals surface area contributed by atoms with Crippen LogP contribution in [0, 0.1) is 6.92 Å².